The molecule has 0 bridgehead atoms. The number of non-ortho nitro benzene ring substituents is 1. The molecule has 126 valence electrons. The number of amides is 1. The van der Waals surface area contributed by atoms with Crippen molar-refractivity contribution in [2.45, 2.75) is 6.92 Å². The Morgan fingerprint density at radius 2 is 2.00 bits per heavy atom. The molecule has 0 spiro atoms. The molecule has 9 heteroatoms. The van der Waals surface area contributed by atoms with Gasteiger partial charge < -0.3 is 15.2 Å². The molecule has 0 aromatic heterocycles. The maximum atomic E-state index is 11.6. The zero-order chi connectivity index (χ0) is 17.7. The molecular weight excluding hydrogens is 338 g/mol. The van der Waals surface area contributed by atoms with Crippen LogP contribution < -0.4 is 10.6 Å². The van der Waals surface area contributed by atoms with Crippen LogP contribution in [0, 0.1) is 10.1 Å². The van der Waals surface area contributed by atoms with Gasteiger partial charge in [-0.25, -0.2) is 4.79 Å². The Labute approximate surface area is 142 Å². The number of phenolic OH excluding ortho intramolecular Hbond substituents is 1. The molecule has 0 unspecified atom stereocenters. The number of rotatable bonds is 5. The van der Waals surface area contributed by atoms with Gasteiger partial charge in [-0.05, 0) is 31.2 Å². The summed E-state index contributed by atoms with van der Waals surface area (Å²) in [6.45, 7) is 1.79. The Morgan fingerprint density at radius 3 is 2.67 bits per heavy atom. The number of nitro groups is 1. The number of anilines is 3. The van der Waals surface area contributed by atoms with Gasteiger partial charge in [0.2, 0.25) is 0 Å². The van der Waals surface area contributed by atoms with Gasteiger partial charge in [0.05, 0.1) is 28.6 Å². The maximum Gasteiger partial charge on any atom is 0.411 e. The van der Waals surface area contributed by atoms with Crippen LogP contribution in [0.15, 0.2) is 36.4 Å². The van der Waals surface area contributed by atoms with E-state index in [1.165, 1.54) is 36.4 Å². The summed E-state index contributed by atoms with van der Waals surface area (Å²) in [6, 6.07) is 8.23. The summed E-state index contributed by atoms with van der Waals surface area (Å²) >= 11 is 5.89. The molecule has 3 N–H and O–H groups in total. The number of hydrogen-bond acceptors (Lipinski definition) is 6. The van der Waals surface area contributed by atoms with Crippen LogP contribution in [0.25, 0.3) is 0 Å². The first-order valence-electron chi connectivity index (χ1n) is 6.88. The van der Waals surface area contributed by atoms with E-state index in [1.807, 2.05) is 0 Å². The smallest absolute Gasteiger partial charge is 0.411 e. The average Bonchev–Trinajstić information content (AvgIpc) is 2.52. The van der Waals surface area contributed by atoms with Gasteiger partial charge in [0.1, 0.15) is 5.75 Å². The fraction of sp³-hybridized carbons (Fsp3) is 0.133. The van der Waals surface area contributed by atoms with Gasteiger partial charge in [-0.3, -0.25) is 15.4 Å². The first kappa shape index (κ1) is 17.4. The van der Waals surface area contributed by atoms with Crippen molar-refractivity contribution >= 4 is 40.4 Å². The summed E-state index contributed by atoms with van der Waals surface area (Å²) in [5.41, 5.74) is 0.527. The van der Waals surface area contributed by atoms with E-state index < -0.39 is 11.0 Å². The number of halogens is 1. The molecule has 0 saturated carbocycles. The highest BCUT2D eigenvalue weighted by atomic mass is 35.5. The van der Waals surface area contributed by atoms with E-state index in [1.54, 1.807) is 6.92 Å². The van der Waals surface area contributed by atoms with E-state index in [-0.39, 0.29) is 29.4 Å². The lowest BCUT2D eigenvalue weighted by atomic mass is 10.2. The largest absolute Gasteiger partial charge is 0.506 e. The van der Waals surface area contributed by atoms with Gasteiger partial charge in [0, 0.05) is 17.2 Å². The van der Waals surface area contributed by atoms with E-state index in [4.69, 9.17) is 16.3 Å². The van der Waals surface area contributed by atoms with Gasteiger partial charge >= 0.3 is 6.09 Å². The molecule has 0 heterocycles. The minimum absolute atomic E-state index is 0.0696. The SMILES string of the molecule is CCOC(=O)Nc1cc([N+](=O)[O-])ccc1Nc1cc(Cl)ccc1O. The van der Waals surface area contributed by atoms with Gasteiger partial charge in [0.15, 0.2) is 0 Å². The summed E-state index contributed by atoms with van der Waals surface area (Å²) < 4.78 is 4.78. The molecule has 0 aliphatic rings. The van der Waals surface area contributed by atoms with Crippen LogP contribution in [0.3, 0.4) is 0 Å². The molecule has 24 heavy (non-hydrogen) atoms. The van der Waals surface area contributed by atoms with Crippen molar-refractivity contribution in [3.8, 4) is 5.75 Å². The van der Waals surface area contributed by atoms with Crippen molar-refractivity contribution in [1.29, 1.82) is 0 Å². The number of carbonyl (C=O) groups excluding carboxylic acids is 1. The van der Waals surface area contributed by atoms with Crippen LogP contribution in [0.4, 0.5) is 27.5 Å². The topological polar surface area (TPSA) is 114 Å². The predicted octanol–water partition coefficient (Wildman–Crippen LogP) is 4.27. The second-order valence-corrected chi connectivity index (χ2v) is 5.06. The highest BCUT2D eigenvalue weighted by molar-refractivity contribution is 6.31. The molecule has 0 radical (unpaired) electrons. The summed E-state index contributed by atoms with van der Waals surface area (Å²) in [5.74, 6) is -0.0696. The van der Waals surface area contributed by atoms with E-state index in [2.05, 4.69) is 10.6 Å². The standard InChI is InChI=1S/C15H14ClN3O5/c1-2-24-15(21)18-12-8-10(19(22)23)4-5-11(12)17-13-7-9(16)3-6-14(13)20/h3-8,17,20H,2H2,1H3,(H,18,21). The average molecular weight is 352 g/mol. The number of phenols is 1. The first-order valence-corrected chi connectivity index (χ1v) is 7.26. The van der Waals surface area contributed by atoms with Gasteiger partial charge in [-0.1, -0.05) is 11.6 Å². The third-order valence-electron chi connectivity index (χ3n) is 2.95. The van der Waals surface area contributed by atoms with Crippen LogP contribution in [0.2, 0.25) is 5.02 Å². The number of aromatic hydroxyl groups is 1. The van der Waals surface area contributed by atoms with E-state index >= 15 is 0 Å². The maximum absolute atomic E-state index is 11.6. The van der Waals surface area contributed by atoms with Crippen molar-refractivity contribution < 1.29 is 19.6 Å². The Kier molecular flexibility index (Phi) is 5.43. The Bertz CT molecular complexity index is 782. The highest BCUT2D eigenvalue weighted by Gasteiger charge is 2.15. The van der Waals surface area contributed by atoms with Crippen LogP contribution in [-0.2, 0) is 4.74 Å². The quantitative estimate of drug-likeness (QED) is 0.421. The fourth-order valence-corrected chi connectivity index (χ4v) is 2.06. The zero-order valence-corrected chi connectivity index (χ0v) is 13.3. The third kappa shape index (κ3) is 4.26. The van der Waals surface area contributed by atoms with E-state index in [0.717, 1.165) is 0 Å². The molecule has 0 aliphatic carbocycles. The molecule has 0 aliphatic heterocycles. The lowest BCUT2D eigenvalue weighted by Gasteiger charge is -2.14. The second kappa shape index (κ2) is 7.51. The molecule has 0 saturated heterocycles. The van der Waals surface area contributed by atoms with Gasteiger partial charge in [-0.2, -0.15) is 0 Å². The molecule has 1 amide bonds. The Balaban J connectivity index is 2.38. The fourth-order valence-electron chi connectivity index (χ4n) is 1.89. The Hall–Kier alpha value is -3.00. The lowest BCUT2D eigenvalue weighted by Crippen LogP contribution is -2.14. The molecule has 8 nitrogen and oxygen atoms in total. The number of hydrogen-bond donors (Lipinski definition) is 3. The normalized spacial score (nSPS) is 10.1. The molecule has 0 atom stereocenters. The van der Waals surface area contributed by atoms with E-state index in [0.29, 0.717) is 10.7 Å². The number of carbonyl (C=O) groups is 1. The summed E-state index contributed by atoms with van der Waals surface area (Å²) in [4.78, 5) is 21.9. The number of ether oxygens (including phenoxy) is 1. The molecular formula is C15H14ClN3O5. The predicted molar refractivity (Wildman–Crippen MR) is 90.1 cm³/mol. The molecule has 2 rings (SSSR count). The van der Waals surface area contributed by atoms with Gasteiger partial charge in [0.25, 0.3) is 5.69 Å². The van der Waals surface area contributed by atoms with Crippen LogP contribution in [0.5, 0.6) is 5.75 Å². The monoisotopic (exact) mass is 351 g/mol. The second-order valence-electron chi connectivity index (χ2n) is 4.62. The Morgan fingerprint density at radius 1 is 1.25 bits per heavy atom. The van der Waals surface area contributed by atoms with Crippen LogP contribution in [0.1, 0.15) is 6.92 Å². The van der Waals surface area contributed by atoms with Gasteiger partial charge in [-0.15, -0.1) is 0 Å². The third-order valence-corrected chi connectivity index (χ3v) is 3.19. The lowest BCUT2D eigenvalue weighted by molar-refractivity contribution is -0.384. The highest BCUT2D eigenvalue weighted by Crippen LogP contribution is 2.34. The summed E-state index contributed by atoms with van der Waals surface area (Å²) in [7, 11) is 0. The van der Waals surface area contributed by atoms with E-state index in [9.17, 15) is 20.0 Å². The summed E-state index contributed by atoms with van der Waals surface area (Å²) in [6.07, 6.45) is -0.753. The molecule has 0 fully saturated rings. The van der Waals surface area contributed by atoms with Crippen molar-refractivity contribution in [3.05, 3.63) is 51.5 Å². The van der Waals surface area contributed by atoms with Crippen molar-refractivity contribution in [1.82, 2.24) is 0 Å². The van der Waals surface area contributed by atoms with Crippen molar-refractivity contribution in [3.63, 3.8) is 0 Å². The zero-order valence-electron chi connectivity index (χ0n) is 12.6. The minimum Gasteiger partial charge on any atom is -0.506 e. The molecule has 2 aromatic carbocycles. The van der Waals surface area contributed by atoms with Crippen molar-refractivity contribution in [2.75, 3.05) is 17.2 Å². The number of nitrogens with zero attached hydrogens (tertiary/aromatic N) is 1. The number of benzene rings is 2. The van der Waals surface area contributed by atoms with Crippen LogP contribution in [-0.4, -0.2) is 22.7 Å². The number of nitrogens with one attached hydrogen (secondary N) is 2. The number of nitro benzene ring substituents is 1. The van der Waals surface area contributed by atoms with Crippen LogP contribution >= 0.6 is 11.6 Å². The summed E-state index contributed by atoms with van der Waals surface area (Å²) in [5, 5.41) is 26.4. The first-order chi connectivity index (χ1) is 11.4. The minimum atomic E-state index is -0.753. The van der Waals surface area contributed by atoms with Crippen molar-refractivity contribution in [2.24, 2.45) is 0 Å². The molecule has 2 aromatic rings.